The lowest BCUT2D eigenvalue weighted by molar-refractivity contribution is -0.124. The second-order valence-electron chi connectivity index (χ2n) is 6.91. The zero-order valence-corrected chi connectivity index (χ0v) is 16.6. The van der Waals surface area contributed by atoms with E-state index in [2.05, 4.69) is 10.6 Å². The standard InChI is InChI=1S/C22H29N3O3/c1-4-28-18-12-10-17(11-13-18)21(26)25-20(15(2)3)22(27)24-14-19(23)16-8-6-5-7-9-16/h5-13,15,19-20H,4,14,23H2,1-3H3,(H,24,27)(H,25,26). The third-order valence-corrected chi connectivity index (χ3v) is 4.39. The van der Waals surface area contributed by atoms with Gasteiger partial charge < -0.3 is 21.1 Å². The minimum atomic E-state index is -0.651. The Hall–Kier alpha value is -2.86. The predicted octanol–water partition coefficient (Wildman–Crippen LogP) is 2.66. The minimum Gasteiger partial charge on any atom is -0.494 e. The molecule has 28 heavy (non-hydrogen) atoms. The average Bonchev–Trinajstić information content (AvgIpc) is 2.71. The molecule has 0 fully saturated rings. The van der Waals surface area contributed by atoms with Crippen LogP contribution < -0.4 is 21.1 Å². The largest absolute Gasteiger partial charge is 0.494 e. The summed E-state index contributed by atoms with van der Waals surface area (Å²) in [6.07, 6.45) is 0. The second-order valence-corrected chi connectivity index (χ2v) is 6.91. The van der Waals surface area contributed by atoms with E-state index in [1.165, 1.54) is 0 Å². The van der Waals surface area contributed by atoms with Crippen LogP contribution in [0.4, 0.5) is 0 Å². The third kappa shape index (κ3) is 6.09. The van der Waals surface area contributed by atoms with Gasteiger partial charge in [-0.3, -0.25) is 9.59 Å². The molecule has 6 heteroatoms. The van der Waals surface area contributed by atoms with Gasteiger partial charge in [-0.15, -0.1) is 0 Å². The number of hydrogen-bond donors (Lipinski definition) is 3. The topological polar surface area (TPSA) is 93.4 Å². The van der Waals surface area contributed by atoms with Crippen molar-refractivity contribution in [2.24, 2.45) is 11.7 Å². The fraction of sp³-hybridized carbons (Fsp3) is 0.364. The normalized spacial score (nSPS) is 12.9. The highest BCUT2D eigenvalue weighted by Crippen LogP contribution is 2.13. The van der Waals surface area contributed by atoms with Crippen LogP contribution >= 0.6 is 0 Å². The van der Waals surface area contributed by atoms with Crippen LogP contribution in [0.15, 0.2) is 54.6 Å². The monoisotopic (exact) mass is 383 g/mol. The smallest absolute Gasteiger partial charge is 0.251 e. The molecule has 0 heterocycles. The van der Waals surface area contributed by atoms with Crippen molar-refractivity contribution >= 4 is 11.8 Å². The fourth-order valence-corrected chi connectivity index (χ4v) is 2.77. The molecule has 0 radical (unpaired) electrons. The van der Waals surface area contributed by atoms with Gasteiger partial charge in [-0.2, -0.15) is 0 Å². The lowest BCUT2D eigenvalue weighted by Crippen LogP contribution is -2.50. The summed E-state index contributed by atoms with van der Waals surface area (Å²) >= 11 is 0. The van der Waals surface area contributed by atoms with E-state index in [1.807, 2.05) is 51.1 Å². The summed E-state index contributed by atoms with van der Waals surface area (Å²) in [6, 6.07) is 15.5. The molecule has 2 aromatic rings. The fourth-order valence-electron chi connectivity index (χ4n) is 2.77. The Morgan fingerprint density at radius 1 is 1.04 bits per heavy atom. The first-order valence-corrected chi connectivity index (χ1v) is 9.54. The molecule has 0 saturated carbocycles. The van der Waals surface area contributed by atoms with Crippen molar-refractivity contribution in [2.45, 2.75) is 32.9 Å². The summed E-state index contributed by atoms with van der Waals surface area (Å²) in [4.78, 5) is 25.2. The van der Waals surface area contributed by atoms with Gasteiger partial charge in [0.05, 0.1) is 6.61 Å². The first kappa shape index (κ1) is 21.4. The molecule has 0 aliphatic rings. The molecule has 0 aliphatic heterocycles. The summed E-state index contributed by atoms with van der Waals surface area (Å²) in [5, 5.41) is 5.66. The molecule has 0 aliphatic carbocycles. The molecule has 2 aromatic carbocycles. The Kier molecular flexibility index (Phi) is 8.02. The highest BCUT2D eigenvalue weighted by molar-refractivity contribution is 5.97. The summed E-state index contributed by atoms with van der Waals surface area (Å²) in [5.41, 5.74) is 7.56. The molecule has 2 unspecified atom stereocenters. The Morgan fingerprint density at radius 3 is 2.25 bits per heavy atom. The molecule has 4 N–H and O–H groups in total. The number of nitrogens with two attached hydrogens (primary N) is 1. The van der Waals surface area contributed by atoms with Gasteiger partial charge in [-0.05, 0) is 42.7 Å². The van der Waals surface area contributed by atoms with Gasteiger partial charge in [0.25, 0.3) is 5.91 Å². The number of amides is 2. The molecular formula is C22H29N3O3. The van der Waals surface area contributed by atoms with Crippen LogP contribution in [-0.2, 0) is 4.79 Å². The van der Waals surface area contributed by atoms with Gasteiger partial charge in [0.15, 0.2) is 0 Å². The highest BCUT2D eigenvalue weighted by atomic mass is 16.5. The number of hydrogen-bond acceptors (Lipinski definition) is 4. The van der Waals surface area contributed by atoms with Gasteiger partial charge in [-0.25, -0.2) is 0 Å². The highest BCUT2D eigenvalue weighted by Gasteiger charge is 2.25. The van der Waals surface area contributed by atoms with Gasteiger partial charge in [0.2, 0.25) is 5.91 Å². The van der Waals surface area contributed by atoms with Crippen LogP contribution in [0.25, 0.3) is 0 Å². The molecule has 0 bridgehead atoms. The molecule has 6 nitrogen and oxygen atoms in total. The van der Waals surface area contributed by atoms with Crippen molar-refractivity contribution in [3.63, 3.8) is 0 Å². The number of nitrogens with one attached hydrogen (secondary N) is 2. The first-order valence-electron chi connectivity index (χ1n) is 9.54. The number of carbonyl (C=O) groups excluding carboxylic acids is 2. The summed E-state index contributed by atoms with van der Waals surface area (Å²) < 4.78 is 5.38. The zero-order valence-electron chi connectivity index (χ0n) is 16.6. The van der Waals surface area contributed by atoms with Crippen molar-refractivity contribution < 1.29 is 14.3 Å². The van der Waals surface area contributed by atoms with Crippen LogP contribution in [-0.4, -0.2) is 31.0 Å². The lowest BCUT2D eigenvalue weighted by Gasteiger charge is -2.23. The maximum Gasteiger partial charge on any atom is 0.251 e. The van der Waals surface area contributed by atoms with E-state index in [1.54, 1.807) is 24.3 Å². The molecule has 0 aromatic heterocycles. The lowest BCUT2D eigenvalue weighted by atomic mass is 10.0. The van der Waals surface area contributed by atoms with E-state index in [0.29, 0.717) is 24.5 Å². The maximum absolute atomic E-state index is 12.6. The van der Waals surface area contributed by atoms with E-state index in [4.69, 9.17) is 10.5 Å². The Labute approximate surface area is 166 Å². The summed E-state index contributed by atoms with van der Waals surface area (Å²) in [6.45, 7) is 6.53. The molecule has 0 saturated heterocycles. The summed E-state index contributed by atoms with van der Waals surface area (Å²) in [7, 11) is 0. The number of rotatable bonds is 9. The van der Waals surface area contributed by atoms with E-state index in [0.717, 1.165) is 5.56 Å². The first-order chi connectivity index (χ1) is 13.4. The Morgan fingerprint density at radius 2 is 1.68 bits per heavy atom. The van der Waals surface area contributed by atoms with Gasteiger partial charge >= 0.3 is 0 Å². The summed E-state index contributed by atoms with van der Waals surface area (Å²) in [5.74, 6) is 0.0802. The van der Waals surface area contributed by atoms with Crippen molar-refractivity contribution in [2.75, 3.05) is 13.2 Å². The van der Waals surface area contributed by atoms with Crippen LogP contribution in [0.1, 0.15) is 42.7 Å². The number of carbonyl (C=O) groups is 2. The Bertz CT molecular complexity index is 760. The van der Waals surface area contributed by atoms with E-state index in [-0.39, 0.29) is 23.8 Å². The predicted molar refractivity (Wildman–Crippen MR) is 110 cm³/mol. The van der Waals surface area contributed by atoms with Crippen molar-refractivity contribution in [3.05, 3.63) is 65.7 Å². The van der Waals surface area contributed by atoms with Crippen molar-refractivity contribution in [3.8, 4) is 5.75 Å². The average molecular weight is 383 g/mol. The van der Waals surface area contributed by atoms with E-state index >= 15 is 0 Å². The number of benzene rings is 2. The van der Waals surface area contributed by atoms with Gasteiger partial charge in [-0.1, -0.05) is 44.2 Å². The van der Waals surface area contributed by atoms with Crippen LogP contribution in [0.2, 0.25) is 0 Å². The maximum atomic E-state index is 12.6. The molecule has 0 spiro atoms. The van der Waals surface area contributed by atoms with E-state index < -0.39 is 6.04 Å². The molecule has 2 amide bonds. The van der Waals surface area contributed by atoms with Gasteiger partial charge in [0.1, 0.15) is 11.8 Å². The van der Waals surface area contributed by atoms with Crippen LogP contribution in [0.3, 0.4) is 0 Å². The van der Waals surface area contributed by atoms with Crippen molar-refractivity contribution in [1.29, 1.82) is 0 Å². The molecule has 150 valence electrons. The zero-order chi connectivity index (χ0) is 20.5. The van der Waals surface area contributed by atoms with E-state index in [9.17, 15) is 9.59 Å². The molecule has 2 rings (SSSR count). The SMILES string of the molecule is CCOc1ccc(C(=O)NC(C(=O)NCC(N)c2ccccc2)C(C)C)cc1. The second kappa shape index (κ2) is 10.5. The molecule has 2 atom stereocenters. The Balaban J connectivity index is 1.95. The van der Waals surface area contributed by atoms with Crippen molar-refractivity contribution in [1.82, 2.24) is 10.6 Å². The third-order valence-electron chi connectivity index (χ3n) is 4.39. The number of ether oxygens (including phenoxy) is 1. The quantitative estimate of drug-likeness (QED) is 0.621. The van der Waals surface area contributed by atoms with Gasteiger partial charge in [0, 0.05) is 18.2 Å². The molecular weight excluding hydrogens is 354 g/mol. The van der Waals surface area contributed by atoms with Crippen LogP contribution in [0.5, 0.6) is 5.75 Å². The minimum absolute atomic E-state index is 0.0698. The van der Waals surface area contributed by atoms with Crippen LogP contribution in [0, 0.1) is 5.92 Å².